The van der Waals surface area contributed by atoms with Crippen LogP contribution < -0.4 is 10.9 Å². The molecule has 30 heavy (non-hydrogen) atoms. The van der Waals surface area contributed by atoms with E-state index >= 15 is 0 Å². The van der Waals surface area contributed by atoms with Crippen LogP contribution in [-0.2, 0) is 10.0 Å². The Morgan fingerprint density at radius 2 is 2.07 bits per heavy atom. The summed E-state index contributed by atoms with van der Waals surface area (Å²) in [6.45, 7) is -1.26. The molecular weight excluding hydrogens is 406 g/mol. The Morgan fingerprint density at radius 1 is 1.30 bits per heavy atom. The number of pyridine rings is 1. The minimum absolute atomic E-state index is 0.0180. The Labute approximate surface area is 186 Å². The molecule has 1 aliphatic heterocycles. The Bertz CT molecular complexity index is 1350. The molecule has 0 bridgehead atoms. The van der Waals surface area contributed by atoms with E-state index in [4.69, 9.17) is 9.60 Å². The maximum absolute atomic E-state index is 13.3. The maximum Gasteiger partial charge on any atom is 0.255 e. The van der Waals surface area contributed by atoms with Gasteiger partial charge in [-0.25, -0.2) is 17.7 Å². The van der Waals surface area contributed by atoms with Crippen LogP contribution in [0.2, 0.25) is 0 Å². The summed E-state index contributed by atoms with van der Waals surface area (Å²) in [6.07, 6.45) is -1.68. The van der Waals surface area contributed by atoms with Crippen molar-refractivity contribution in [3.05, 3.63) is 28.2 Å². The summed E-state index contributed by atoms with van der Waals surface area (Å²) in [4.78, 5) is 22.0. The smallest absolute Gasteiger partial charge is 0.255 e. The normalized spacial score (nSPS) is 31.7. The Morgan fingerprint density at radius 3 is 2.70 bits per heavy atom. The molecule has 4 rings (SSSR count). The number of aliphatic hydroxyl groups is 1. The number of sulfonamides is 1. The standard InChI is InChI=1S/C20H29N5O4S/c1-12-10-14-11-21-20(22-15-6-8-24(9-7-15)30(3,28)29)23-18(14)25(19(12)27)16-4-5-17(26)13(16)2/h10-11,13,15-17,26H,4-9H2,1-3H3,(H,21,22,23)/t13-,16+,17+/m0/s1/i1D3,3D3,15D. The number of aromatic nitrogens is 3. The molecule has 1 aliphatic carbocycles. The topological polar surface area (TPSA) is 117 Å². The highest BCUT2D eigenvalue weighted by atomic mass is 32.2. The molecule has 1 saturated heterocycles. The highest BCUT2D eigenvalue weighted by Crippen LogP contribution is 2.36. The summed E-state index contributed by atoms with van der Waals surface area (Å²) in [5.41, 5.74) is -0.947. The molecule has 2 N–H and O–H groups in total. The van der Waals surface area contributed by atoms with Crippen LogP contribution in [0.3, 0.4) is 0 Å². The van der Waals surface area contributed by atoms with Gasteiger partial charge in [0.2, 0.25) is 16.0 Å². The average molecular weight is 443 g/mol. The van der Waals surface area contributed by atoms with Crippen LogP contribution in [0, 0.1) is 12.8 Å². The molecule has 0 amide bonds. The average Bonchev–Trinajstić information content (AvgIpc) is 3.10. The van der Waals surface area contributed by atoms with Crippen molar-refractivity contribution in [2.45, 2.75) is 57.6 Å². The van der Waals surface area contributed by atoms with Crippen molar-refractivity contribution in [2.24, 2.45) is 5.92 Å². The van der Waals surface area contributed by atoms with Gasteiger partial charge in [0, 0.05) is 56.4 Å². The lowest BCUT2D eigenvalue weighted by atomic mass is 10.0. The number of aryl methyl sites for hydroxylation is 1. The number of aliphatic hydroxyl groups excluding tert-OH is 1. The van der Waals surface area contributed by atoms with Gasteiger partial charge in [0.1, 0.15) is 5.65 Å². The Balaban J connectivity index is 1.69. The second-order valence-corrected chi connectivity index (χ2v) is 9.38. The van der Waals surface area contributed by atoms with E-state index < -0.39 is 46.8 Å². The summed E-state index contributed by atoms with van der Waals surface area (Å²) in [6, 6.07) is -0.668. The Kier molecular flexibility index (Phi) is 3.71. The number of piperidine rings is 1. The van der Waals surface area contributed by atoms with E-state index in [0.29, 0.717) is 18.2 Å². The fourth-order valence-electron chi connectivity index (χ4n) is 4.26. The molecule has 0 radical (unpaired) electrons. The molecular formula is C20H29N5O4S. The molecule has 2 fully saturated rings. The summed E-state index contributed by atoms with van der Waals surface area (Å²) >= 11 is 0. The van der Waals surface area contributed by atoms with Gasteiger partial charge >= 0.3 is 0 Å². The number of nitrogens with zero attached hydrogens (tertiary/aromatic N) is 4. The van der Waals surface area contributed by atoms with Crippen LogP contribution in [-0.4, -0.2) is 63.8 Å². The van der Waals surface area contributed by atoms with Gasteiger partial charge in [-0.1, -0.05) is 6.92 Å². The van der Waals surface area contributed by atoms with Crippen molar-refractivity contribution in [3.63, 3.8) is 0 Å². The number of rotatable bonds is 4. The van der Waals surface area contributed by atoms with Crippen molar-refractivity contribution < 1.29 is 23.1 Å². The first-order valence-corrected chi connectivity index (χ1v) is 11.3. The van der Waals surface area contributed by atoms with Crippen molar-refractivity contribution in [1.29, 1.82) is 0 Å². The molecule has 2 aliphatic rings. The minimum Gasteiger partial charge on any atom is -0.393 e. The van der Waals surface area contributed by atoms with E-state index in [1.807, 2.05) is 0 Å². The minimum atomic E-state index is -4.51. The molecule has 0 spiro atoms. The summed E-state index contributed by atoms with van der Waals surface area (Å²) in [5, 5.41) is 13.5. The van der Waals surface area contributed by atoms with Gasteiger partial charge in [0.05, 0.1) is 13.7 Å². The number of hydrogen-bond acceptors (Lipinski definition) is 7. The highest BCUT2D eigenvalue weighted by Gasteiger charge is 2.34. The molecule has 2 aromatic heterocycles. The van der Waals surface area contributed by atoms with E-state index in [1.54, 1.807) is 6.92 Å². The third kappa shape index (κ3) is 3.95. The molecule has 164 valence electrons. The van der Waals surface area contributed by atoms with Gasteiger partial charge in [-0.2, -0.15) is 4.98 Å². The number of fused-ring (bicyclic) bond motifs is 1. The van der Waals surface area contributed by atoms with Crippen LogP contribution in [0.4, 0.5) is 5.95 Å². The Hall–Kier alpha value is -2.04. The van der Waals surface area contributed by atoms with Crippen LogP contribution in [0.5, 0.6) is 0 Å². The van der Waals surface area contributed by atoms with Gasteiger partial charge in [0.15, 0.2) is 0 Å². The first kappa shape index (κ1) is 14.1. The maximum atomic E-state index is 13.3. The van der Waals surface area contributed by atoms with Crippen LogP contribution in [0.15, 0.2) is 17.1 Å². The van der Waals surface area contributed by atoms with E-state index in [1.165, 1.54) is 16.8 Å². The lowest BCUT2D eigenvalue weighted by Crippen LogP contribution is -2.42. The SMILES string of the molecule is [2H]C1(Nc2ncc3cc(C([2H])([2H])[2H])c(=O)n([C@@H]4CC[C@@H](O)[C@H]4C)c3n2)CCN(S(=O)(=O)C([2H])([2H])[2H])CC1. The number of hydrogen-bond donors (Lipinski definition) is 2. The molecule has 2 aromatic rings. The van der Waals surface area contributed by atoms with Crippen LogP contribution in [0.1, 0.15) is 53.8 Å². The molecule has 3 atom stereocenters. The third-order valence-corrected chi connectivity index (χ3v) is 7.08. The first-order valence-electron chi connectivity index (χ1n) is 13.3. The second-order valence-electron chi connectivity index (χ2n) is 7.91. The number of nitrogens with one attached hydrogen (secondary N) is 1. The van der Waals surface area contributed by atoms with E-state index in [2.05, 4.69) is 15.3 Å². The zero-order chi connectivity index (χ0) is 27.6. The van der Waals surface area contributed by atoms with Gasteiger partial charge in [-0.3, -0.25) is 9.36 Å². The molecule has 0 aromatic carbocycles. The van der Waals surface area contributed by atoms with Crippen molar-refractivity contribution in [2.75, 3.05) is 24.6 Å². The molecule has 0 unspecified atom stereocenters. The quantitative estimate of drug-likeness (QED) is 0.732. The van der Waals surface area contributed by atoms with Crippen molar-refractivity contribution in [3.8, 4) is 0 Å². The molecule has 1 saturated carbocycles. The lowest BCUT2D eigenvalue weighted by Gasteiger charge is -2.30. The predicted molar refractivity (Wildman–Crippen MR) is 115 cm³/mol. The van der Waals surface area contributed by atoms with Gasteiger partial charge in [-0.05, 0) is 38.6 Å². The lowest BCUT2D eigenvalue weighted by molar-refractivity contribution is 0.129. The van der Waals surface area contributed by atoms with Crippen LogP contribution in [0.25, 0.3) is 11.0 Å². The van der Waals surface area contributed by atoms with Gasteiger partial charge < -0.3 is 10.4 Å². The third-order valence-electron chi connectivity index (χ3n) is 6.03. The monoisotopic (exact) mass is 442 g/mol. The van der Waals surface area contributed by atoms with Crippen LogP contribution >= 0.6 is 0 Å². The summed E-state index contributed by atoms with van der Waals surface area (Å²) in [7, 11) is -4.51. The largest absolute Gasteiger partial charge is 0.393 e. The van der Waals surface area contributed by atoms with E-state index in [9.17, 15) is 18.3 Å². The van der Waals surface area contributed by atoms with Crippen molar-refractivity contribution in [1.82, 2.24) is 18.8 Å². The molecule has 10 heteroatoms. The van der Waals surface area contributed by atoms with Gasteiger partial charge in [0.25, 0.3) is 5.56 Å². The molecule has 9 nitrogen and oxygen atoms in total. The van der Waals surface area contributed by atoms with Crippen molar-refractivity contribution >= 4 is 27.0 Å². The van der Waals surface area contributed by atoms with Gasteiger partial charge in [-0.15, -0.1) is 0 Å². The fourth-order valence-corrected chi connectivity index (χ4v) is 4.92. The number of anilines is 1. The van der Waals surface area contributed by atoms with E-state index in [0.717, 1.165) is 4.31 Å². The summed E-state index contributed by atoms with van der Waals surface area (Å²) in [5.74, 6) is -0.346. The summed E-state index contributed by atoms with van der Waals surface area (Å²) < 4.78 is 80.5. The zero-order valence-corrected chi connectivity index (χ0v) is 17.3. The highest BCUT2D eigenvalue weighted by molar-refractivity contribution is 7.88. The van der Waals surface area contributed by atoms with E-state index in [-0.39, 0.29) is 49.0 Å². The predicted octanol–water partition coefficient (Wildman–Crippen LogP) is 1.27. The first-order chi connectivity index (χ1) is 16.9. The second kappa shape index (κ2) is 7.90. The molecule has 3 heterocycles. The zero-order valence-electron chi connectivity index (χ0n) is 23.5. The fraction of sp³-hybridized carbons (Fsp3) is 0.650.